The van der Waals surface area contributed by atoms with E-state index in [1.807, 2.05) is 13.8 Å². The summed E-state index contributed by atoms with van der Waals surface area (Å²) in [6.07, 6.45) is 2.98. The Labute approximate surface area is 127 Å². The van der Waals surface area contributed by atoms with Gasteiger partial charge >= 0.3 is 5.97 Å². The molecule has 4 nitrogen and oxygen atoms in total. The molecule has 3 rings (SSSR count). The van der Waals surface area contributed by atoms with Gasteiger partial charge in [-0.3, -0.25) is 4.79 Å². The van der Waals surface area contributed by atoms with Gasteiger partial charge in [-0.25, -0.2) is 0 Å². The minimum Gasteiger partial charge on any atom is -0.463 e. The molecule has 4 heteroatoms. The SMILES string of the molecule is CC1C2CC(CC(=O)OCC3COC(C)(C)O3)C(C2)C1C. The van der Waals surface area contributed by atoms with E-state index in [0.717, 1.165) is 23.7 Å². The molecule has 3 aliphatic rings. The van der Waals surface area contributed by atoms with Crippen molar-refractivity contribution in [3.63, 3.8) is 0 Å². The van der Waals surface area contributed by atoms with Crippen molar-refractivity contribution in [3.8, 4) is 0 Å². The molecular formula is C17H28O4. The molecule has 0 aromatic rings. The van der Waals surface area contributed by atoms with Crippen LogP contribution in [0.3, 0.4) is 0 Å². The number of rotatable bonds is 4. The van der Waals surface area contributed by atoms with Crippen LogP contribution >= 0.6 is 0 Å². The van der Waals surface area contributed by atoms with Crippen LogP contribution in [0.25, 0.3) is 0 Å². The molecule has 0 radical (unpaired) electrons. The highest BCUT2D eigenvalue weighted by Gasteiger charge is 2.49. The summed E-state index contributed by atoms with van der Waals surface area (Å²) in [6, 6.07) is 0. The van der Waals surface area contributed by atoms with Crippen LogP contribution in [0.1, 0.15) is 47.0 Å². The second-order valence-corrected chi connectivity index (χ2v) is 7.71. The summed E-state index contributed by atoms with van der Waals surface area (Å²) in [4.78, 5) is 12.1. The van der Waals surface area contributed by atoms with Crippen molar-refractivity contribution in [3.05, 3.63) is 0 Å². The van der Waals surface area contributed by atoms with Crippen molar-refractivity contribution in [2.45, 2.75) is 58.8 Å². The van der Waals surface area contributed by atoms with Gasteiger partial charge in [0.2, 0.25) is 0 Å². The summed E-state index contributed by atoms with van der Waals surface area (Å²) >= 11 is 0. The average Bonchev–Trinajstić information content (AvgIpc) is 3.04. The van der Waals surface area contributed by atoms with E-state index in [0.29, 0.717) is 25.6 Å². The monoisotopic (exact) mass is 296 g/mol. The van der Waals surface area contributed by atoms with Gasteiger partial charge in [0.25, 0.3) is 0 Å². The molecule has 0 aromatic heterocycles. The highest BCUT2D eigenvalue weighted by Crippen LogP contribution is 2.55. The minimum atomic E-state index is -0.548. The summed E-state index contributed by atoms with van der Waals surface area (Å²) in [5.74, 6) is 3.06. The third kappa shape index (κ3) is 3.11. The van der Waals surface area contributed by atoms with E-state index < -0.39 is 5.79 Å². The molecule has 2 bridgehead atoms. The Morgan fingerprint density at radius 2 is 2.00 bits per heavy atom. The van der Waals surface area contributed by atoms with Crippen LogP contribution in [0.2, 0.25) is 0 Å². The van der Waals surface area contributed by atoms with Crippen LogP contribution in [0.5, 0.6) is 0 Å². The molecule has 6 atom stereocenters. The number of hydrogen-bond donors (Lipinski definition) is 0. The maximum atomic E-state index is 12.1. The molecule has 1 aliphatic heterocycles. The number of esters is 1. The Bertz CT molecular complexity index is 404. The number of fused-ring (bicyclic) bond motifs is 2. The Hall–Kier alpha value is -0.610. The third-order valence-electron chi connectivity index (χ3n) is 5.96. The van der Waals surface area contributed by atoms with Crippen molar-refractivity contribution in [2.24, 2.45) is 29.6 Å². The molecule has 0 spiro atoms. The molecule has 1 heterocycles. The fourth-order valence-corrected chi connectivity index (χ4v) is 4.63. The lowest BCUT2D eigenvalue weighted by atomic mass is 9.74. The summed E-state index contributed by atoms with van der Waals surface area (Å²) in [6.45, 7) is 9.29. The lowest BCUT2D eigenvalue weighted by Crippen LogP contribution is -2.28. The van der Waals surface area contributed by atoms with Crippen molar-refractivity contribution in [1.29, 1.82) is 0 Å². The molecule has 2 aliphatic carbocycles. The molecule has 1 saturated heterocycles. The van der Waals surface area contributed by atoms with Gasteiger partial charge in [0, 0.05) is 6.42 Å². The van der Waals surface area contributed by atoms with E-state index in [1.54, 1.807) is 0 Å². The molecule has 3 fully saturated rings. The van der Waals surface area contributed by atoms with Crippen LogP contribution < -0.4 is 0 Å². The Morgan fingerprint density at radius 3 is 2.57 bits per heavy atom. The van der Waals surface area contributed by atoms with Crippen molar-refractivity contribution in [2.75, 3.05) is 13.2 Å². The van der Waals surface area contributed by atoms with Gasteiger partial charge in [-0.15, -0.1) is 0 Å². The van der Waals surface area contributed by atoms with Gasteiger partial charge in [0.15, 0.2) is 5.79 Å². The predicted molar refractivity (Wildman–Crippen MR) is 78.5 cm³/mol. The zero-order chi connectivity index (χ0) is 15.2. The first-order chi connectivity index (χ1) is 9.85. The second kappa shape index (κ2) is 5.54. The first kappa shape index (κ1) is 15.3. The van der Waals surface area contributed by atoms with Crippen LogP contribution in [0.4, 0.5) is 0 Å². The number of carbonyl (C=O) groups excluding carboxylic acids is 1. The minimum absolute atomic E-state index is 0.0688. The summed E-state index contributed by atoms with van der Waals surface area (Å²) in [7, 11) is 0. The third-order valence-corrected chi connectivity index (χ3v) is 5.96. The molecule has 120 valence electrons. The Kier molecular flexibility index (Phi) is 4.04. The fourth-order valence-electron chi connectivity index (χ4n) is 4.63. The predicted octanol–water partition coefficient (Wildman–Crippen LogP) is 3.00. The quantitative estimate of drug-likeness (QED) is 0.748. The highest BCUT2D eigenvalue weighted by molar-refractivity contribution is 5.69. The van der Waals surface area contributed by atoms with Crippen LogP contribution in [-0.4, -0.2) is 31.1 Å². The smallest absolute Gasteiger partial charge is 0.306 e. The second-order valence-electron chi connectivity index (χ2n) is 7.71. The van der Waals surface area contributed by atoms with Crippen molar-refractivity contribution in [1.82, 2.24) is 0 Å². The van der Waals surface area contributed by atoms with Gasteiger partial charge in [-0.05, 0) is 56.3 Å². The van der Waals surface area contributed by atoms with Crippen LogP contribution in [0, 0.1) is 29.6 Å². The van der Waals surface area contributed by atoms with Gasteiger partial charge in [-0.2, -0.15) is 0 Å². The van der Waals surface area contributed by atoms with E-state index in [2.05, 4.69) is 13.8 Å². The van der Waals surface area contributed by atoms with Gasteiger partial charge in [0.05, 0.1) is 6.61 Å². The normalized spacial score (nSPS) is 44.2. The zero-order valence-electron chi connectivity index (χ0n) is 13.6. The Morgan fingerprint density at radius 1 is 1.24 bits per heavy atom. The first-order valence-corrected chi connectivity index (χ1v) is 8.33. The number of carbonyl (C=O) groups is 1. The standard InChI is InChI=1S/C17H28O4/c1-10-11(2)15-6-12(10)5-13(15)7-16(18)19-8-14-9-20-17(3,4)21-14/h10-15H,5-9H2,1-4H3. The van der Waals surface area contributed by atoms with E-state index in [-0.39, 0.29) is 12.1 Å². The van der Waals surface area contributed by atoms with Crippen molar-refractivity contribution >= 4 is 5.97 Å². The fraction of sp³-hybridized carbons (Fsp3) is 0.941. The lowest BCUT2D eigenvalue weighted by Gasteiger charge is -2.31. The molecule has 6 unspecified atom stereocenters. The topological polar surface area (TPSA) is 44.8 Å². The maximum absolute atomic E-state index is 12.1. The van der Waals surface area contributed by atoms with Crippen LogP contribution in [0.15, 0.2) is 0 Å². The summed E-state index contributed by atoms with van der Waals surface area (Å²) in [5.41, 5.74) is 0. The lowest BCUT2D eigenvalue weighted by molar-refractivity contribution is -0.159. The van der Waals surface area contributed by atoms with Gasteiger partial charge < -0.3 is 14.2 Å². The van der Waals surface area contributed by atoms with E-state index in [9.17, 15) is 4.79 Å². The molecular weight excluding hydrogens is 268 g/mol. The average molecular weight is 296 g/mol. The van der Waals surface area contributed by atoms with E-state index in [4.69, 9.17) is 14.2 Å². The maximum Gasteiger partial charge on any atom is 0.306 e. The summed E-state index contributed by atoms with van der Waals surface area (Å²) in [5, 5.41) is 0. The molecule has 2 saturated carbocycles. The van der Waals surface area contributed by atoms with Crippen LogP contribution in [-0.2, 0) is 19.0 Å². The number of ether oxygens (including phenoxy) is 3. The Balaban J connectivity index is 1.42. The molecule has 21 heavy (non-hydrogen) atoms. The van der Waals surface area contributed by atoms with Gasteiger partial charge in [-0.1, -0.05) is 13.8 Å². The summed E-state index contributed by atoms with van der Waals surface area (Å²) < 4.78 is 16.5. The van der Waals surface area contributed by atoms with Gasteiger partial charge in [0.1, 0.15) is 12.7 Å². The number of hydrogen-bond acceptors (Lipinski definition) is 4. The molecule has 0 amide bonds. The zero-order valence-corrected chi connectivity index (χ0v) is 13.6. The van der Waals surface area contributed by atoms with E-state index >= 15 is 0 Å². The van der Waals surface area contributed by atoms with Crippen molar-refractivity contribution < 1.29 is 19.0 Å². The molecule has 0 aromatic carbocycles. The molecule has 0 N–H and O–H groups in total. The largest absolute Gasteiger partial charge is 0.463 e. The van der Waals surface area contributed by atoms with E-state index in [1.165, 1.54) is 12.8 Å². The highest BCUT2D eigenvalue weighted by atomic mass is 16.7. The first-order valence-electron chi connectivity index (χ1n) is 8.33.